The highest BCUT2D eigenvalue weighted by Gasteiger charge is 2.38. The lowest BCUT2D eigenvalue weighted by atomic mass is 9.70. The maximum Gasteiger partial charge on any atom is 0.0225 e. The van der Waals surface area contributed by atoms with Crippen molar-refractivity contribution in [3.05, 3.63) is 35.4 Å². The van der Waals surface area contributed by atoms with Crippen LogP contribution in [0.2, 0.25) is 0 Å². The van der Waals surface area contributed by atoms with E-state index in [4.69, 9.17) is 0 Å². The van der Waals surface area contributed by atoms with Crippen LogP contribution in [0.15, 0.2) is 24.3 Å². The molecule has 1 nitrogen and oxygen atoms in total. The Kier molecular flexibility index (Phi) is 2.54. The number of hydrogen-bond acceptors (Lipinski definition) is 1. The minimum Gasteiger partial charge on any atom is -0.307 e. The Hall–Kier alpha value is -0.530. The minimum absolute atomic E-state index is 0. The van der Waals surface area contributed by atoms with Gasteiger partial charge in [0.25, 0.3) is 0 Å². The third kappa shape index (κ3) is 1.45. The molecule has 0 saturated heterocycles. The van der Waals surface area contributed by atoms with Crippen molar-refractivity contribution in [1.82, 2.24) is 5.32 Å². The lowest BCUT2D eigenvalue weighted by molar-refractivity contribution is 0.171. The zero-order valence-corrected chi connectivity index (χ0v) is 9.07. The summed E-state index contributed by atoms with van der Waals surface area (Å²) in [5.41, 5.74) is 3.56. The predicted octanol–water partition coefficient (Wildman–Crippen LogP) is 2.68. The van der Waals surface area contributed by atoms with E-state index in [0.717, 1.165) is 6.54 Å². The van der Waals surface area contributed by atoms with Gasteiger partial charge in [-0.2, -0.15) is 0 Å². The van der Waals surface area contributed by atoms with Crippen LogP contribution in [-0.4, -0.2) is 5.54 Å². The summed E-state index contributed by atoms with van der Waals surface area (Å²) >= 11 is 0. The van der Waals surface area contributed by atoms with E-state index in [0.29, 0.717) is 5.54 Å². The Morgan fingerprint density at radius 1 is 1.07 bits per heavy atom. The molecule has 0 unspecified atom stereocenters. The van der Waals surface area contributed by atoms with Gasteiger partial charge in [0.05, 0.1) is 0 Å². The Morgan fingerprint density at radius 3 is 2.43 bits per heavy atom. The minimum atomic E-state index is 0. The molecule has 0 bridgehead atoms. The molecule has 3 rings (SSSR count). The third-order valence-corrected chi connectivity index (χ3v) is 3.61. The molecule has 1 aromatic rings. The van der Waals surface area contributed by atoms with E-state index >= 15 is 0 Å². The standard InChI is InChI=1S/C12H15N.ClH/c1-2-5-11-9-13-12(6-3-7-12)8-10(11)4-1;/h1-2,4-5,13H,3,6-9H2;1H. The fraction of sp³-hybridized carbons (Fsp3) is 0.500. The Bertz CT molecular complexity index is 331. The summed E-state index contributed by atoms with van der Waals surface area (Å²) < 4.78 is 0. The lowest BCUT2D eigenvalue weighted by Crippen LogP contribution is -2.54. The largest absolute Gasteiger partial charge is 0.307 e. The summed E-state index contributed by atoms with van der Waals surface area (Å²) in [6.45, 7) is 1.08. The lowest BCUT2D eigenvalue weighted by Gasteiger charge is -2.46. The van der Waals surface area contributed by atoms with Gasteiger partial charge >= 0.3 is 0 Å². The molecule has 76 valence electrons. The van der Waals surface area contributed by atoms with E-state index in [-0.39, 0.29) is 12.4 Å². The number of benzene rings is 1. The molecule has 0 atom stereocenters. The molecule has 1 heterocycles. The first-order valence-corrected chi connectivity index (χ1v) is 5.20. The van der Waals surface area contributed by atoms with Crippen LogP contribution in [0.25, 0.3) is 0 Å². The molecule has 1 aliphatic carbocycles. The van der Waals surface area contributed by atoms with Gasteiger partial charge < -0.3 is 5.32 Å². The van der Waals surface area contributed by atoms with Crippen LogP contribution in [0.3, 0.4) is 0 Å². The molecular formula is C12H16ClN. The number of rotatable bonds is 0. The van der Waals surface area contributed by atoms with E-state index in [1.807, 2.05) is 0 Å². The van der Waals surface area contributed by atoms with E-state index in [1.54, 1.807) is 5.56 Å². The smallest absolute Gasteiger partial charge is 0.0225 e. The van der Waals surface area contributed by atoms with Gasteiger partial charge in [-0.15, -0.1) is 12.4 Å². The molecule has 0 amide bonds. The quantitative estimate of drug-likeness (QED) is 0.693. The van der Waals surface area contributed by atoms with E-state index in [1.165, 1.54) is 31.2 Å². The maximum atomic E-state index is 3.69. The molecule has 0 radical (unpaired) electrons. The van der Waals surface area contributed by atoms with Crippen molar-refractivity contribution in [2.45, 2.75) is 37.8 Å². The van der Waals surface area contributed by atoms with Crippen molar-refractivity contribution in [2.24, 2.45) is 0 Å². The SMILES string of the molecule is Cl.c1ccc2c(c1)CNC1(CCC1)C2. The van der Waals surface area contributed by atoms with Crippen LogP contribution >= 0.6 is 12.4 Å². The zero-order chi connectivity index (χ0) is 8.73. The molecule has 14 heavy (non-hydrogen) atoms. The van der Waals surface area contributed by atoms with Crippen LogP contribution < -0.4 is 5.32 Å². The summed E-state index contributed by atoms with van der Waals surface area (Å²) in [7, 11) is 0. The molecule has 1 fully saturated rings. The van der Waals surface area contributed by atoms with Crippen LogP contribution in [0.5, 0.6) is 0 Å². The Labute approximate surface area is 91.3 Å². The number of fused-ring (bicyclic) bond motifs is 1. The first-order valence-electron chi connectivity index (χ1n) is 5.20. The van der Waals surface area contributed by atoms with Crippen molar-refractivity contribution in [3.63, 3.8) is 0 Å². The zero-order valence-electron chi connectivity index (χ0n) is 8.25. The van der Waals surface area contributed by atoms with Gasteiger partial charge in [0, 0.05) is 12.1 Å². The normalized spacial score (nSPS) is 22.0. The first-order chi connectivity index (χ1) is 6.38. The van der Waals surface area contributed by atoms with Gasteiger partial charge in [-0.05, 0) is 36.8 Å². The highest BCUT2D eigenvalue weighted by molar-refractivity contribution is 5.85. The van der Waals surface area contributed by atoms with Gasteiger partial charge in [-0.25, -0.2) is 0 Å². The fourth-order valence-electron chi connectivity index (χ4n) is 2.57. The predicted molar refractivity (Wildman–Crippen MR) is 60.8 cm³/mol. The van der Waals surface area contributed by atoms with Crippen LogP contribution in [0, 0.1) is 0 Å². The highest BCUT2D eigenvalue weighted by Crippen LogP contribution is 2.38. The average molecular weight is 210 g/mol. The second-order valence-corrected chi connectivity index (χ2v) is 4.43. The Balaban J connectivity index is 0.000000750. The maximum absolute atomic E-state index is 3.69. The second kappa shape index (κ2) is 3.56. The Morgan fingerprint density at radius 2 is 1.79 bits per heavy atom. The average Bonchev–Trinajstić information content (AvgIpc) is 2.15. The van der Waals surface area contributed by atoms with Crippen molar-refractivity contribution in [3.8, 4) is 0 Å². The van der Waals surface area contributed by atoms with Crippen molar-refractivity contribution in [1.29, 1.82) is 0 Å². The van der Waals surface area contributed by atoms with Gasteiger partial charge in [0.15, 0.2) is 0 Å². The topological polar surface area (TPSA) is 12.0 Å². The second-order valence-electron chi connectivity index (χ2n) is 4.43. The van der Waals surface area contributed by atoms with E-state index < -0.39 is 0 Å². The fourth-order valence-corrected chi connectivity index (χ4v) is 2.57. The summed E-state index contributed by atoms with van der Waals surface area (Å²) in [5, 5.41) is 3.69. The van der Waals surface area contributed by atoms with Crippen molar-refractivity contribution < 1.29 is 0 Å². The summed E-state index contributed by atoms with van der Waals surface area (Å²) in [6.07, 6.45) is 5.42. The molecule has 1 aromatic carbocycles. The van der Waals surface area contributed by atoms with Gasteiger partial charge in [-0.3, -0.25) is 0 Å². The molecule has 1 spiro atoms. The molecule has 1 N–H and O–H groups in total. The summed E-state index contributed by atoms with van der Waals surface area (Å²) in [6, 6.07) is 8.83. The van der Waals surface area contributed by atoms with Crippen LogP contribution in [0.1, 0.15) is 30.4 Å². The first kappa shape index (κ1) is 10.0. The number of hydrogen-bond donors (Lipinski definition) is 1. The molecular weight excluding hydrogens is 194 g/mol. The molecule has 0 aromatic heterocycles. The van der Waals surface area contributed by atoms with Gasteiger partial charge in [-0.1, -0.05) is 24.3 Å². The summed E-state index contributed by atoms with van der Waals surface area (Å²) in [4.78, 5) is 0. The monoisotopic (exact) mass is 209 g/mol. The van der Waals surface area contributed by atoms with E-state index in [9.17, 15) is 0 Å². The van der Waals surface area contributed by atoms with Crippen LogP contribution in [0.4, 0.5) is 0 Å². The molecule has 2 aliphatic rings. The molecule has 1 aliphatic heterocycles. The van der Waals surface area contributed by atoms with Gasteiger partial charge in [0.1, 0.15) is 0 Å². The van der Waals surface area contributed by atoms with E-state index in [2.05, 4.69) is 29.6 Å². The third-order valence-electron chi connectivity index (χ3n) is 3.61. The van der Waals surface area contributed by atoms with Crippen molar-refractivity contribution >= 4 is 12.4 Å². The highest BCUT2D eigenvalue weighted by atomic mass is 35.5. The van der Waals surface area contributed by atoms with Gasteiger partial charge in [0.2, 0.25) is 0 Å². The van der Waals surface area contributed by atoms with Crippen molar-refractivity contribution in [2.75, 3.05) is 0 Å². The number of halogens is 1. The molecule has 2 heteroatoms. The van der Waals surface area contributed by atoms with Crippen LogP contribution in [-0.2, 0) is 13.0 Å². The number of nitrogens with one attached hydrogen (secondary N) is 1. The summed E-state index contributed by atoms with van der Waals surface area (Å²) in [5.74, 6) is 0. The molecule has 1 saturated carbocycles.